The van der Waals surface area contributed by atoms with Gasteiger partial charge in [-0.3, -0.25) is 9.69 Å². The van der Waals surface area contributed by atoms with Crippen molar-refractivity contribution in [1.82, 2.24) is 14.7 Å². The lowest BCUT2D eigenvalue weighted by molar-refractivity contribution is -0.117. The molecule has 0 atom stereocenters. The SMILES string of the molecule is CN(CCOc1ccccc1Cl)CC(=O)Nc1ccnn1C1CCCC1. The zero-order valence-electron chi connectivity index (χ0n) is 15.0. The molecule has 2 aromatic rings. The van der Waals surface area contributed by atoms with E-state index in [1.807, 2.05) is 40.9 Å². The molecule has 3 rings (SSSR count). The van der Waals surface area contributed by atoms with Crippen molar-refractivity contribution < 1.29 is 9.53 Å². The van der Waals surface area contributed by atoms with Crippen LogP contribution in [0.15, 0.2) is 36.5 Å². The molecule has 1 fully saturated rings. The normalized spacial score (nSPS) is 14.7. The molecule has 1 N–H and O–H groups in total. The maximum atomic E-state index is 12.3. The molecule has 0 radical (unpaired) electrons. The number of likely N-dealkylation sites (N-methyl/N-ethyl adjacent to an activating group) is 1. The molecule has 1 aliphatic carbocycles. The molecule has 140 valence electrons. The van der Waals surface area contributed by atoms with Gasteiger partial charge in [-0.2, -0.15) is 5.10 Å². The summed E-state index contributed by atoms with van der Waals surface area (Å²) in [6, 6.07) is 9.63. The molecule has 1 aromatic carbocycles. The number of aromatic nitrogens is 2. The molecule has 1 saturated carbocycles. The topological polar surface area (TPSA) is 59.4 Å². The molecule has 0 unspecified atom stereocenters. The van der Waals surface area contributed by atoms with E-state index in [2.05, 4.69) is 10.4 Å². The van der Waals surface area contributed by atoms with Crippen molar-refractivity contribution in [2.24, 2.45) is 0 Å². The minimum atomic E-state index is -0.0509. The largest absolute Gasteiger partial charge is 0.491 e. The Kier molecular flexibility index (Phi) is 6.52. The minimum Gasteiger partial charge on any atom is -0.491 e. The molecule has 26 heavy (non-hydrogen) atoms. The summed E-state index contributed by atoms with van der Waals surface area (Å²) in [4.78, 5) is 14.2. The van der Waals surface area contributed by atoms with Crippen molar-refractivity contribution in [2.45, 2.75) is 31.7 Å². The number of halogens is 1. The van der Waals surface area contributed by atoms with Crippen LogP contribution in [0.25, 0.3) is 0 Å². The third-order valence-corrected chi connectivity index (χ3v) is 4.90. The van der Waals surface area contributed by atoms with Crippen molar-refractivity contribution in [1.29, 1.82) is 0 Å². The number of rotatable bonds is 8. The zero-order chi connectivity index (χ0) is 18.4. The molecule has 1 aliphatic rings. The van der Waals surface area contributed by atoms with Crippen LogP contribution in [0.2, 0.25) is 5.02 Å². The number of ether oxygens (including phenoxy) is 1. The molecule has 6 nitrogen and oxygen atoms in total. The van der Waals surface area contributed by atoms with Crippen LogP contribution in [0.3, 0.4) is 0 Å². The zero-order valence-corrected chi connectivity index (χ0v) is 15.8. The first kappa shape index (κ1) is 18.7. The van der Waals surface area contributed by atoms with E-state index in [9.17, 15) is 4.79 Å². The van der Waals surface area contributed by atoms with E-state index in [4.69, 9.17) is 16.3 Å². The smallest absolute Gasteiger partial charge is 0.239 e. The lowest BCUT2D eigenvalue weighted by Crippen LogP contribution is -2.33. The Labute approximate surface area is 159 Å². The van der Waals surface area contributed by atoms with Crippen molar-refractivity contribution in [2.75, 3.05) is 32.1 Å². The van der Waals surface area contributed by atoms with Crippen molar-refractivity contribution in [3.05, 3.63) is 41.6 Å². The van der Waals surface area contributed by atoms with E-state index in [-0.39, 0.29) is 5.91 Å². The monoisotopic (exact) mass is 376 g/mol. The molecule has 0 aliphatic heterocycles. The van der Waals surface area contributed by atoms with Gasteiger partial charge in [-0.1, -0.05) is 36.6 Å². The molecule has 1 amide bonds. The average molecular weight is 377 g/mol. The van der Waals surface area contributed by atoms with Crippen LogP contribution in [0.4, 0.5) is 5.82 Å². The van der Waals surface area contributed by atoms with Crippen LogP contribution in [0.5, 0.6) is 5.75 Å². The predicted octanol–water partition coefficient (Wildman–Crippen LogP) is 3.60. The molecule has 0 saturated heterocycles. The Morgan fingerprint density at radius 1 is 1.35 bits per heavy atom. The van der Waals surface area contributed by atoms with Gasteiger partial charge in [0, 0.05) is 12.6 Å². The number of nitrogens with one attached hydrogen (secondary N) is 1. The highest BCUT2D eigenvalue weighted by atomic mass is 35.5. The lowest BCUT2D eigenvalue weighted by atomic mass is 10.2. The number of nitrogens with zero attached hydrogens (tertiary/aromatic N) is 3. The molecule has 0 spiro atoms. The van der Waals surface area contributed by atoms with Gasteiger partial charge in [-0.25, -0.2) is 4.68 Å². The number of anilines is 1. The third kappa shape index (κ3) is 4.99. The summed E-state index contributed by atoms with van der Waals surface area (Å²) in [6.07, 6.45) is 6.46. The molecule has 1 heterocycles. The van der Waals surface area contributed by atoms with Gasteiger partial charge in [0.2, 0.25) is 5.91 Å². The fourth-order valence-electron chi connectivity index (χ4n) is 3.23. The van der Waals surface area contributed by atoms with Crippen molar-refractivity contribution in [3.8, 4) is 5.75 Å². The van der Waals surface area contributed by atoms with Gasteiger partial charge < -0.3 is 10.1 Å². The Morgan fingerprint density at radius 2 is 2.12 bits per heavy atom. The standard InChI is InChI=1S/C19H25ClN4O2/c1-23(12-13-26-17-9-5-4-8-16(17)20)14-19(25)22-18-10-11-21-24(18)15-6-2-3-7-15/h4-5,8-11,15H,2-3,6-7,12-14H2,1H3,(H,22,25). The summed E-state index contributed by atoms with van der Waals surface area (Å²) >= 11 is 6.06. The minimum absolute atomic E-state index is 0.0509. The first-order chi connectivity index (χ1) is 12.6. The van der Waals surface area contributed by atoms with Gasteiger partial charge in [0.1, 0.15) is 18.2 Å². The van der Waals surface area contributed by atoms with Gasteiger partial charge in [0.05, 0.1) is 23.8 Å². The Morgan fingerprint density at radius 3 is 2.88 bits per heavy atom. The molecule has 7 heteroatoms. The fourth-order valence-corrected chi connectivity index (χ4v) is 3.42. The Bertz CT molecular complexity index is 728. The van der Waals surface area contributed by atoms with E-state index in [0.717, 1.165) is 18.7 Å². The van der Waals surface area contributed by atoms with Crippen LogP contribution in [0.1, 0.15) is 31.7 Å². The average Bonchev–Trinajstić information content (AvgIpc) is 3.27. The van der Waals surface area contributed by atoms with E-state index >= 15 is 0 Å². The summed E-state index contributed by atoms with van der Waals surface area (Å²) in [7, 11) is 1.89. The van der Waals surface area contributed by atoms with Crippen LogP contribution >= 0.6 is 11.6 Å². The van der Waals surface area contributed by atoms with E-state index in [1.165, 1.54) is 12.8 Å². The number of para-hydroxylation sites is 1. The van der Waals surface area contributed by atoms with Gasteiger partial charge in [0.15, 0.2) is 0 Å². The summed E-state index contributed by atoms with van der Waals surface area (Å²) < 4.78 is 7.61. The second kappa shape index (κ2) is 9.05. The van der Waals surface area contributed by atoms with Gasteiger partial charge >= 0.3 is 0 Å². The highest BCUT2D eigenvalue weighted by Gasteiger charge is 2.20. The van der Waals surface area contributed by atoms with E-state index in [1.54, 1.807) is 12.3 Å². The van der Waals surface area contributed by atoms with Crippen molar-refractivity contribution >= 4 is 23.3 Å². The first-order valence-electron chi connectivity index (χ1n) is 9.02. The molecular formula is C19H25ClN4O2. The maximum Gasteiger partial charge on any atom is 0.239 e. The second-order valence-electron chi connectivity index (χ2n) is 6.66. The summed E-state index contributed by atoms with van der Waals surface area (Å²) in [6.45, 7) is 1.38. The second-order valence-corrected chi connectivity index (χ2v) is 7.07. The van der Waals surface area contributed by atoms with E-state index < -0.39 is 0 Å². The lowest BCUT2D eigenvalue weighted by Gasteiger charge is -2.18. The van der Waals surface area contributed by atoms with Gasteiger partial charge in [0.25, 0.3) is 0 Å². The van der Waals surface area contributed by atoms with Crippen molar-refractivity contribution in [3.63, 3.8) is 0 Å². The summed E-state index contributed by atoms with van der Waals surface area (Å²) in [5, 5.41) is 7.94. The third-order valence-electron chi connectivity index (χ3n) is 4.59. The number of hydrogen-bond acceptors (Lipinski definition) is 4. The predicted molar refractivity (Wildman–Crippen MR) is 103 cm³/mol. The number of carbonyl (C=O) groups excluding carboxylic acids is 1. The fraction of sp³-hybridized carbons (Fsp3) is 0.474. The quantitative estimate of drug-likeness (QED) is 0.764. The summed E-state index contributed by atoms with van der Waals surface area (Å²) in [5.74, 6) is 1.39. The highest BCUT2D eigenvalue weighted by Crippen LogP contribution is 2.31. The number of hydrogen-bond donors (Lipinski definition) is 1. The summed E-state index contributed by atoms with van der Waals surface area (Å²) in [5.41, 5.74) is 0. The van der Waals surface area contributed by atoms with Gasteiger partial charge in [-0.05, 0) is 32.0 Å². The molecule has 1 aromatic heterocycles. The van der Waals surface area contributed by atoms with Crippen LogP contribution < -0.4 is 10.1 Å². The van der Waals surface area contributed by atoms with E-state index in [0.29, 0.717) is 36.5 Å². The maximum absolute atomic E-state index is 12.3. The van der Waals surface area contributed by atoms with Crippen LogP contribution in [-0.2, 0) is 4.79 Å². The highest BCUT2D eigenvalue weighted by molar-refractivity contribution is 6.32. The number of benzene rings is 1. The number of carbonyl (C=O) groups is 1. The molecule has 0 bridgehead atoms. The first-order valence-corrected chi connectivity index (χ1v) is 9.40. The van der Waals surface area contributed by atoms with Crippen LogP contribution in [0, 0.1) is 0 Å². The van der Waals surface area contributed by atoms with Gasteiger partial charge in [-0.15, -0.1) is 0 Å². The van der Waals surface area contributed by atoms with Crippen LogP contribution in [-0.4, -0.2) is 47.3 Å². The Balaban J connectivity index is 1.43. The number of amides is 1. The molecular weight excluding hydrogens is 352 g/mol. The Hall–Kier alpha value is -2.05.